The molecule has 1 aliphatic heterocycles. The van der Waals surface area contributed by atoms with Crippen molar-refractivity contribution in [3.05, 3.63) is 108 Å². The van der Waals surface area contributed by atoms with E-state index in [2.05, 4.69) is 65.6 Å². The maximum atomic E-state index is 12.3. The lowest BCUT2D eigenvalue weighted by Crippen LogP contribution is -2.39. The van der Waals surface area contributed by atoms with Gasteiger partial charge < -0.3 is 0 Å². The van der Waals surface area contributed by atoms with Crippen molar-refractivity contribution in [3.63, 3.8) is 0 Å². The fraction of sp³-hybridized carbons (Fsp3) is 0.250. The number of hydrogen-bond acceptors (Lipinski definition) is 3. The van der Waals surface area contributed by atoms with Gasteiger partial charge in [0.05, 0.1) is 17.5 Å². The van der Waals surface area contributed by atoms with Crippen molar-refractivity contribution in [3.8, 4) is 0 Å². The molecular formula is C24H25NO2S. The molecule has 3 aromatic carbocycles. The van der Waals surface area contributed by atoms with Gasteiger partial charge in [-0.3, -0.25) is 4.90 Å². The second kappa shape index (κ2) is 8.29. The minimum atomic E-state index is -2.97. The van der Waals surface area contributed by atoms with Gasteiger partial charge in [0.25, 0.3) is 0 Å². The van der Waals surface area contributed by atoms with Crippen LogP contribution in [-0.2, 0) is 16.4 Å². The Kier molecular flexibility index (Phi) is 5.60. The highest BCUT2D eigenvalue weighted by molar-refractivity contribution is 7.91. The molecule has 0 spiro atoms. The highest BCUT2D eigenvalue weighted by Gasteiger charge is 2.36. The van der Waals surface area contributed by atoms with Gasteiger partial charge in [0, 0.05) is 12.6 Å². The summed E-state index contributed by atoms with van der Waals surface area (Å²) in [7, 11) is -2.97. The Morgan fingerprint density at radius 3 is 1.75 bits per heavy atom. The monoisotopic (exact) mass is 391 g/mol. The summed E-state index contributed by atoms with van der Waals surface area (Å²) in [4.78, 5) is 2.38. The van der Waals surface area contributed by atoms with E-state index in [0.29, 0.717) is 6.42 Å². The molecule has 3 aromatic rings. The fourth-order valence-electron chi connectivity index (χ4n) is 4.11. The number of nitrogens with zero attached hydrogens (tertiary/aromatic N) is 1. The predicted octanol–water partition coefficient (Wildman–Crippen LogP) is 4.47. The third-order valence-electron chi connectivity index (χ3n) is 5.45. The SMILES string of the molecule is O=S1(=O)CC[C@H](N(Cc2ccccc2)C(c2ccccc2)c2ccccc2)C1. The molecule has 0 amide bonds. The average Bonchev–Trinajstić information content (AvgIpc) is 3.09. The zero-order chi connectivity index (χ0) is 19.4. The Labute approximate surface area is 167 Å². The van der Waals surface area contributed by atoms with Crippen LogP contribution in [0.4, 0.5) is 0 Å². The van der Waals surface area contributed by atoms with Gasteiger partial charge in [-0.2, -0.15) is 0 Å². The van der Waals surface area contributed by atoms with Crippen molar-refractivity contribution in [2.75, 3.05) is 11.5 Å². The van der Waals surface area contributed by atoms with Crippen LogP contribution in [0.3, 0.4) is 0 Å². The molecule has 1 aliphatic rings. The number of sulfone groups is 1. The third-order valence-corrected chi connectivity index (χ3v) is 7.20. The van der Waals surface area contributed by atoms with Crippen LogP contribution in [0.25, 0.3) is 0 Å². The second-order valence-corrected chi connectivity index (χ2v) is 9.67. The summed E-state index contributed by atoms with van der Waals surface area (Å²) in [6.07, 6.45) is 0.686. The molecule has 0 unspecified atom stereocenters. The number of benzene rings is 3. The summed E-state index contributed by atoms with van der Waals surface area (Å²) in [5.74, 6) is 0.509. The van der Waals surface area contributed by atoms with E-state index in [0.717, 1.165) is 6.54 Å². The summed E-state index contributed by atoms with van der Waals surface area (Å²) >= 11 is 0. The summed E-state index contributed by atoms with van der Waals surface area (Å²) in [5, 5.41) is 0. The van der Waals surface area contributed by atoms with E-state index in [1.807, 2.05) is 30.3 Å². The lowest BCUT2D eigenvalue weighted by molar-refractivity contribution is 0.160. The van der Waals surface area contributed by atoms with Gasteiger partial charge in [-0.15, -0.1) is 0 Å². The van der Waals surface area contributed by atoms with Crippen molar-refractivity contribution in [2.24, 2.45) is 0 Å². The highest BCUT2D eigenvalue weighted by atomic mass is 32.2. The quantitative estimate of drug-likeness (QED) is 0.622. The first-order valence-corrected chi connectivity index (χ1v) is 11.5. The van der Waals surface area contributed by atoms with E-state index in [1.165, 1.54) is 16.7 Å². The second-order valence-electron chi connectivity index (χ2n) is 7.44. The molecule has 4 rings (SSSR count). The number of hydrogen-bond donors (Lipinski definition) is 0. The molecule has 0 aliphatic carbocycles. The van der Waals surface area contributed by atoms with Crippen molar-refractivity contribution >= 4 is 9.84 Å². The summed E-state index contributed by atoms with van der Waals surface area (Å²) < 4.78 is 24.5. The van der Waals surface area contributed by atoms with Gasteiger partial charge in [-0.25, -0.2) is 8.42 Å². The van der Waals surface area contributed by atoms with Crippen LogP contribution < -0.4 is 0 Å². The average molecular weight is 392 g/mol. The Balaban J connectivity index is 1.78. The van der Waals surface area contributed by atoms with E-state index in [-0.39, 0.29) is 23.6 Å². The molecule has 3 nitrogen and oxygen atoms in total. The molecule has 144 valence electrons. The third kappa shape index (κ3) is 4.34. The molecule has 0 bridgehead atoms. The molecule has 0 saturated carbocycles. The van der Waals surface area contributed by atoms with Crippen LogP contribution in [0, 0.1) is 0 Å². The smallest absolute Gasteiger partial charge is 0.151 e. The summed E-state index contributed by atoms with van der Waals surface area (Å²) in [6, 6.07) is 31.2. The zero-order valence-corrected chi connectivity index (χ0v) is 16.6. The van der Waals surface area contributed by atoms with Crippen LogP contribution >= 0.6 is 0 Å². The summed E-state index contributed by atoms with van der Waals surface area (Å²) in [6.45, 7) is 0.718. The van der Waals surface area contributed by atoms with Crippen LogP contribution in [0.2, 0.25) is 0 Å². The Bertz CT molecular complexity index is 949. The van der Waals surface area contributed by atoms with Crippen LogP contribution in [-0.4, -0.2) is 30.9 Å². The largest absolute Gasteiger partial charge is 0.284 e. The molecule has 1 heterocycles. The number of rotatable bonds is 6. The molecule has 0 aromatic heterocycles. The molecule has 0 radical (unpaired) electrons. The lowest BCUT2D eigenvalue weighted by atomic mass is 9.94. The van der Waals surface area contributed by atoms with Crippen LogP contribution in [0.1, 0.15) is 29.2 Å². The van der Waals surface area contributed by atoms with Crippen LogP contribution in [0.15, 0.2) is 91.0 Å². The van der Waals surface area contributed by atoms with E-state index in [4.69, 9.17) is 0 Å². The standard InChI is InChI=1S/C24H25NO2S/c26-28(27)17-16-23(19-28)25(18-20-10-4-1-5-11-20)24(21-12-6-2-7-13-21)22-14-8-3-9-15-22/h1-15,23-24H,16-19H2/t23-/m0/s1. The van der Waals surface area contributed by atoms with Gasteiger partial charge in [0.1, 0.15) is 0 Å². The highest BCUT2D eigenvalue weighted by Crippen LogP contribution is 2.34. The Hall–Kier alpha value is -2.43. The van der Waals surface area contributed by atoms with Gasteiger partial charge in [0.15, 0.2) is 9.84 Å². The van der Waals surface area contributed by atoms with Gasteiger partial charge in [-0.1, -0.05) is 91.0 Å². The van der Waals surface area contributed by atoms with Gasteiger partial charge in [0.2, 0.25) is 0 Å². The predicted molar refractivity (Wildman–Crippen MR) is 114 cm³/mol. The first kappa shape index (κ1) is 18.9. The van der Waals surface area contributed by atoms with E-state index < -0.39 is 9.84 Å². The minimum absolute atomic E-state index is 0.00983. The van der Waals surface area contributed by atoms with E-state index in [1.54, 1.807) is 0 Å². The molecule has 1 atom stereocenters. The first-order valence-electron chi connectivity index (χ1n) is 9.72. The van der Waals surface area contributed by atoms with Gasteiger partial charge >= 0.3 is 0 Å². The van der Waals surface area contributed by atoms with E-state index >= 15 is 0 Å². The molecule has 28 heavy (non-hydrogen) atoms. The van der Waals surface area contributed by atoms with Gasteiger partial charge in [-0.05, 0) is 23.1 Å². The molecule has 1 fully saturated rings. The maximum absolute atomic E-state index is 12.3. The van der Waals surface area contributed by atoms with E-state index in [9.17, 15) is 8.42 Å². The van der Waals surface area contributed by atoms with Crippen molar-refractivity contribution in [1.29, 1.82) is 0 Å². The fourth-order valence-corrected chi connectivity index (χ4v) is 5.85. The zero-order valence-electron chi connectivity index (χ0n) is 15.8. The Morgan fingerprint density at radius 1 is 0.786 bits per heavy atom. The molecule has 1 saturated heterocycles. The summed E-state index contributed by atoms with van der Waals surface area (Å²) in [5.41, 5.74) is 3.58. The Morgan fingerprint density at radius 2 is 1.29 bits per heavy atom. The van der Waals surface area contributed by atoms with Crippen molar-refractivity contribution < 1.29 is 8.42 Å². The molecule has 4 heteroatoms. The maximum Gasteiger partial charge on any atom is 0.151 e. The molecule has 0 N–H and O–H groups in total. The van der Waals surface area contributed by atoms with Crippen LogP contribution in [0.5, 0.6) is 0 Å². The van der Waals surface area contributed by atoms with Crippen molar-refractivity contribution in [1.82, 2.24) is 4.90 Å². The van der Waals surface area contributed by atoms with Crippen molar-refractivity contribution in [2.45, 2.75) is 25.0 Å². The first-order chi connectivity index (χ1) is 13.6. The normalized spacial score (nSPS) is 18.6. The minimum Gasteiger partial charge on any atom is -0.284 e. The lowest BCUT2D eigenvalue weighted by Gasteiger charge is -2.37. The molecular weight excluding hydrogens is 366 g/mol. The topological polar surface area (TPSA) is 37.4 Å².